The molecule has 6 heterocycles. The molecule has 4 fully saturated rings. The summed E-state index contributed by atoms with van der Waals surface area (Å²) < 4.78 is 10.1. The summed E-state index contributed by atoms with van der Waals surface area (Å²) in [6, 6.07) is 9.79. The number of aliphatic hydroxyl groups is 1. The van der Waals surface area contributed by atoms with Gasteiger partial charge in [0.25, 0.3) is 11.8 Å². The molecular weight excluding hydrogens is 570 g/mol. The second-order valence-electron chi connectivity index (χ2n) is 13.7. The average molecular weight is 612 g/mol. The topological polar surface area (TPSA) is 140 Å². The summed E-state index contributed by atoms with van der Waals surface area (Å²) in [5.41, 5.74) is 10.6. The summed E-state index contributed by atoms with van der Waals surface area (Å²) in [4.78, 5) is 38.7. The van der Waals surface area contributed by atoms with Crippen LogP contribution in [0, 0.1) is 12.8 Å². The maximum atomic E-state index is 13.8. The third-order valence-corrected chi connectivity index (χ3v) is 10.7. The van der Waals surface area contributed by atoms with Gasteiger partial charge in [0.2, 0.25) is 0 Å². The zero-order valence-electron chi connectivity index (χ0n) is 26.1. The Bertz CT molecular complexity index is 1850. The second kappa shape index (κ2) is 10.3. The number of fused-ring (bicyclic) bond motifs is 4. The highest BCUT2D eigenvalue weighted by Crippen LogP contribution is 2.40. The normalized spacial score (nSPS) is 24.3. The first-order chi connectivity index (χ1) is 21.6. The van der Waals surface area contributed by atoms with Gasteiger partial charge in [-0.15, -0.1) is 0 Å². The summed E-state index contributed by atoms with van der Waals surface area (Å²) in [6.45, 7) is 4.75. The fourth-order valence-electron chi connectivity index (χ4n) is 7.76. The molecule has 2 saturated heterocycles. The zero-order chi connectivity index (χ0) is 31.2. The monoisotopic (exact) mass is 611 g/mol. The quantitative estimate of drug-likeness (QED) is 0.275. The van der Waals surface area contributed by atoms with Gasteiger partial charge in [0.15, 0.2) is 5.88 Å². The van der Waals surface area contributed by atoms with Crippen molar-refractivity contribution in [2.24, 2.45) is 11.7 Å². The molecule has 8 rings (SSSR count). The van der Waals surface area contributed by atoms with Crippen molar-refractivity contribution in [3.8, 4) is 17.3 Å². The van der Waals surface area contributed by atoms with Crippen LogP contribution in [0.4, 0.5) is 0 Å². The smallest absolute Gasteiger partial charge is 0.254 e. The number of carbonyl (C=O) groups excluding carboxylic acids is 2. The summed E-state index contributed by atoms with van der Waals surface area (Å²) in [7, 11) is 1.62. The minimum absolute atomic E-state index is 0.0105. The molecular formula is C34H41N7O4. The fraction of sp³-hybridized carbons (Fsp3) is 0.529. The molecule has 4 atom stereocenters. The molecule has 11 nitrogen and oxygen atoms in total. The number of rotatable bonds is 8. The number of pyridine rings is 2. The first kappa shape index (κ1) is 28.5. The van der Waals surface area contributed by atoms with Gasteiger partial charge in [0, 0.05) is 41.7 Å². The largest absolute Gasteiger partial charge is 0.482 e. The SMILES string of the molecule is COc1cc(C(=O)N2[C@H]3CC[C@@H]2[C@H](N)C3)cc2nc(-c3cc4ccc([C@@H](C)NC(=O)C5(O)CCC5)nc4n3CC3CC3)c(C)n12. The predicted octanol–water partition coefficient (Wildman–Crippen LogP) is 3.87. The van der Waals surface area contributed by atoms with Gasteiger partial charge in [0.05, 0.1) is 30.2 Å². The lowest BCUT2D eigenvalue weighted by atomic mass is 9.79. The van der Waals surface area contributed by atoms with Crippen molar-refractivity contribution in [1.29, 1.82) is 0 Å². The number of aryl methyl sites for hydroxylation is 1. The van der Waals surface area contributed by atoms with E-state index >= 15 is 0 Å². The van der Waals surface area contributed by atoms with E-state index in [2.05, 4.69) is 16.0 Å². The molecule has 2 amide bonds. The number of imidazole rings is 1. The average Bonchev–Trinajstić information content (AvgIpc) is 3.33. The Balaban J connectivity index is 1.18. The van der Waals surface area contributed by atoms with Crippen LogP contribution in [0.5, 0.6) is 5.88 Å². The van der Waals surface area contributed by atoms with E-state index in [9.17, 15) is 14.7 Å². The van der Waals surface area contributed by atoms with Gasteiger partial charge in [0.1, 0.15) is 22.6 Å². The molecule has 0 spiro atoms. The lowest BCUT2D eigenvalue weighted by Crippen LogP contribution is -2.52. The maximum Gasteiger partial charge on any atom is 0.254 e. The standard InChI is InChI=1S/C34H41N7O4/c1-18(36-33(43)34(44)11-4-12-34)25-9-7-21-13-27(39(31(21)37-25)17-20-5-6-20)30-19(2)40-28(38-30)14-22(15-29(40)45-3)32(42)41-23-8-10-26(41)24(35)16-23/h7,9,13-15,18,20,23-24,26,44H,4-6,8,10-12,16-17,35H2,1-3H3,(H,36,43)/t18-,23+,24-,26-/m1/s1. The highest BCUT2D eigenvalue weighted by molar-refractivity contribution is 5.97. The Labute approximate surface area is 261 Å². The molecule has 4 N–H and O–H groups in total. The van der Waals surface area contributed by atoms with Crippen LogP contribution in [0.15, 0.2) is 30.3 Å². The number of nitrogens with one attached hydrogen (secondary N) is 1. The number of hydrogen-bond donors (Lipinski definition) is 3. The Kier molecular flexibility index (Phi) is 6.51. The predicted molar refractivity (Wildman–Crippen MR) is 169 cm³/mol. The van der Waals surface area contributed by atoms with Crippen LogP contribution in [-0.4, -0.2) is 71.6 Å². The van der Waals surface area contributed by atoms with Crippen LogP contribution in [0.2, 0.25) is 0 Å². The van der Waals surface area contributed by atoms with Crippen molar-refractivity contribution in [3.63, 3.8) is 0 Å². The lowest BCUT2D eigenvalue weighted by molar-refractivity contribution is -0.149. The summed E-state index contributed by atoms with van der Waals surface area (Å²) in [6.07, 6.45) is 7.03. The highest BCUT2D eigenvalue weighted by Gasteiger charge is 2.47. The van der Waals surface area contributed by atoms with Gasteiger partial charge < -0.3 is 30.4 Å². The number of carbonyl (C=O) groups is 2. The number of amides is 2. The summed E-state index contributed by atoms with van der Waals surface area (Å²) >= 11 is 0. The Hall–Kier alpha value is -3.96. The molecule has 0 unspecified atom stereocenters. The van der Waals surface area contributed by atoms with Crippen LogP contribution in [-0.2, 0) is 11.3 Å². The number of nitrogens with two attached hydrogens (primary N) is 1. The van der Waals surface area contributed by atoms with Gasteiger partial charge in [-0.25, -0.2) is 9.97 Å². The molecule has 45 heavy (non-hydrogen) atoms. The van der Waals surface area contributed by atoms with E-state index in [0.29, 0.717) is 35.9 Å². The Morgan fingerprint density at radius 1 is 1.16 bits per heavy atom. The number of aromatic nitrogens is 4. The molecule has 4 aromatic rings. The molecule has 2 bridgehead atoms. The van der Waals surface area contributed by atoms with Crippen molar-refractivity contribution in [2.75, 3.05) is 7.11 Å². The van der Waals surface area contributed by atoms with Crippen LogP contribution in [0.1, 0.15) is 86.1 Å². The number of methoxy groups -OCH3 is 1. The fourth-order valence-corrected chi connectivity index (χ4v) is 7.76. The molecule has 4 aromatic heterocycles. The van der Waals surface area contributed by atoms with Crippen molar-refractivity contribution >= 4 is 28.5 Å². The van der Waals surface area contributed by atoms with E-state index in [0.717, 1.165) is 66.0 Å². The highest BCUT2D eigenvalue weighted by atomic mass is 16.5. The molecule has 2 aliphatic heterocycles. The van der Waals surface area contributed by atoms with Gasteiger partial charge in [-0.2, -0.15) is 0 Å². The van der Waals surface area contributed by atoms with Crippen LogP contribution in [0.3, 0.4) is 0 Å². The molecule has 4 aliphatic rings. The van der Waals surface area contributed by atoms with Crippen molar-refractivity contribution < 1.29 is 19.4 Å². The molecule has 0 radical (unpaired) electrons. The molecule has 2 saturated carbocycles. The molecule has 11 heteroatoms. The number of ether oxygens (including phenoxy) is 1. The Morgan fingerprint density at radius 2 is 1.96 bits per heavy atom. The minimum Gasteiger partial charge on any atom is -0.482 e. The lowest BCUT2D eigenvalue weighted by Gasteiger charge is -2.35. The van der Waals surface area contributed by atoms with E-state index in [-0.39, 0.29) is 36.0 Å². The summed E-state index contributed by atoms with van der Waals surface area (Å²) in [5.74, 6) is 0.798. The van der Waals surface area contributed by atoms with E-state index in [1.807, 2.05) is 47.4 Å². The third kappa shape index (κ3) is 4.53. The number of hydrogen-bond acceptors (Lipinski definition) is 7. The Morgan fingerprint density at radius 3 is 2.60 bits per heavy atom. The van der Waals surface area contributed by atoms with Gasteiger partial charge in [-0.05, 0) is 95.4 Å². The van der Waals surface area contributed by atoms with E-state index in [4.69, 9.17) is 20.4 Å². The third-order valence-electron chi connectivity index (χ3n) is 10.7. The van der Waals surface area contributed by atoms with E-state index in [1.54, 1.807) is 7.11 Å². The van der Waals surface area contributed by atoms with Crippen LogP contribution < -0.4 is 15.8 Å². The van der Waals surface area contributed by atoms with Crippen molar-refractivity contribution in [3.05, 3.63) is 47.3 Å². The zero-order valence-corrected chi connectivity index (χ0v) is 26.1. The first-order valence-electron chi connectivity index (χ1n) is 16.3. The van der Waals surface area contributed by atoms with E-state index in [1.165, 1.54) is 12.8 Å². The molecule has 0 aromatic carbocycles. The second-order valence-corrected chi connectivity index (χ2v) is 13.7. The molecule has 2 aliphatic carbocycles. The van der Waals surface area contributed by atoms with Gasteiger partial charge >= 0.3 is 0 Å². The van der Waals surface area contributed by atoms with Gasteiger partial charge in [-0.3, -0.25) is 14.0 Å². The first-order valence-corrected chi connectivity index (χ1v) is 16.3. The maximum absolute atomic E-state index is 13.8. The van der Waals surface area contributed by atoms with Gasteiger partial charge in [-0.1, -0.05) is 0 Å². The summed E-state index contributed by atoms with van der Waals surface area (Å²) in [5, 5.41) is 14.5. The van der Waals surface area contributed by atoms with Crippen LogP contribution >= 0.6 is 0 Å². The van der Waals surface area contributed by atoms with E-state index < -0.39 is 5.60 Å². The number of nitrogens with zero attached hydrogens (tertiary/aromatic N) is 5. The van der Waals surface area contributed by atoms with Crippen LogP contribution in [0.25, 0.3) is 28.1 Å². The van der Waals surface area contributed by atoms with Crippen molar-refractivity contribution in [1.82, 2.24) is 29.2 Å². The molecule has 236 valence electrons. The van der Waals surface area contributed by atoms with Crippen molar-refractivity contribution in [2.45, 2.75) is 102 Å². The minimum atomic E-state index is -1.26.